The second kappa shape index (κ2) is 12.2. The van der Waals surface area contributed by atoms with Crippen LogP contribution in [0.4, 0.5) is 10.1 Å². The lowest BCUT2D eigenvalue weighted by Gasteiger charge is -2.29. The average molecular weight is 512 g/mol. The monoisotopic (exact) mass is 511 g/mol. The molecule has 2 aromatic rings. The van der Waals surface area contributed by atoms with E-state index in [2.05, 4.69) is 5.32 Å². The fourth-order valence-corrected chi connectivity index (χ4v) is 4.71. The molecule has 0 aliphatic rings. The molecule has 1 unspecified atom stereocenters. The van der Waals surface area contributed by atoms with Crippen molar-refractivity contribution in [2.45, 2.75) is 46.2 Å². The Hall–Kier alpha value is -2.65. The van der Waals surface area contributed by atoms with Crippen molar-refractivity contribution in [2.24, 2.45) is 0 Å². The van der Waals surface area contributed by atoms with Crippen molar-refractivity contribution in [2.75, 3.05) is 23.7 Å². The Balaban J connectivity index is 2.18. The number of sulfonamides is 1. The van der Waals surface area contributed by atoms with Crippen LogP contribution in [0.3, 0.4) is 0 Å². The minimum Gasteiger partial charge on any atom is -0.355 e. The number of likely N-dealkylation sites (N-methyl/N-ethyl adjacent to an activating group) is 1. The molecule has 0 saturated carbocycles. The van der Waals surface area contributed by atoms with Crippen molar-refractivity contribution >= 4 is 39.1 Å². The van der Waals surface area contributed by atoms with Crippen LogP contribution in [-0.4, -0.2) is 50.5 Å². The van der Waals surface area contributed by atoms with Gasteiger partial charge in [-0.25, -0.2) is 12.8 Å². The number of amides is 2. The van der Waals surface area contributed by atoms with Gasteiger partial charge in [0, 0.05) is 31.1 Å². The number of nitrogens with zero attached hydrogens (tertiary/aromatic N) is 2. The van der Waals surface area contributed by atoms with Gasteiger partial charge < -0.3 is 10.2 Å². The lowest BCUT2D eigenvalue weighted by Crippen LogP contribution is -2.47. The average Bonchev–Trinajstić information content (AvgIpc) is 2.77. The molecule has 186 valence electrons. The van der Waals surface area contributed by atoms with Gasteiger partial charge in [0.1, 0.15) is 11.9 Å². The molecule has 0 heterocycles. The van der Waals surface area contributed by atoms with E-state index < -0.39 is 21.9 Å². The molecule has 0 radical (unpaired) electrons. The summed E-state index contributed by atoms with van der Waals surface area (Å²) in [4.78, 5) is 27.0. The van der Waals surface area contributed by atoms with Gasteiger partial charge in [0.05, 0.1) is 11.9 Å². The Kier molecular flexibility index (Phi) is 9.88. The SMILES string of the molecule is CCNC(=O)C(C)N(Cc1ccc(F)cc1)C(=O)CCCN(c1cc(Cl)ccc1C)S(C)(=O)=O. The zero-order valence-corrected chi connectivity index (χ0v) is 21.4. The van der Waals surface area contributed by atoms with Crippen LogP contribution >= 0.6 is 11.6 Å². The molecule has 7 nitrogen and oxygen atoms in total. The first-order valence-electron chi connectivity index (χ1n) is 11.0. The van der Waals surface area contributed by atoms with Crippen LogP contribution in [0, 0.1) is 12.7 Å². The highest BCUT2D eigenvalue weighted by molar-refractivity contribution is 7.92. The Morgan fingerprint density at radius 2 is 1.79 bits per heavy atom. The maximum absolute atomic E-state index is 13.3. The van der Waals surface area contributed by atoms with Crippen molar-refractivity contribution in [1.82, 2.24) is 10.2 Å². The van der Waals surface area contributed by atoms with Gasteiger partial charge in [-0.3, -0.25) is 13.9 Å². The summed E-state index contributed by atoms with van der Waals surface area (Å²) < 4.78 is 39.4. The van der Waals surface area contributed by atoms with Crippen molar-refractivity contribution in [3.8, 4) is 0 Å². The van der Waals surface area contributed by atoms with E-state index in [4.69, 9.17) is 11.6 Å². The zero-order valence-electron chi connectivity index (χ0n) is 19.8. The number of hydrogen-bond acceptors (Lipinski definition) is 4. The molecule has 10 heteroatoms. The predicted molar refractivity (Wildman–Crippen MR) is 133 cm³/mol. The largest absolute Gasteiger partial charge is 0.355 e. The van der Waals surface area contributed by atoms with E-state index in [0.29, 0.717) is 22.8 Å². The summed E-state index contributed by atoms with van der Waals surface area (Å²) in [5.41, 5.74) is 1.88. The van der Waals surface area contributed by atoms with Crippen molar-refractivity contribution < 1.29 is 22.4 Å². The zero-order chi connectivity index (χ0) is 25.5. The molecule has 2 amide bonds. The molecule has 0 saturated heterocycles. The van der Waals surface area contributed by atoms with Crippen molar-refractivity contribution in [3.05, 3.63) is 64.4 Å². The van der Waals surface area contributed by atoms with Crippen LogP contribution in [0.5, 0.6) is 0 Å². The third-order valence-corrected chi connectivity index (χ3v) is 6.79. The van der Waals surface area contributed by atoms with Crippen LogP contribution in [-0.2, 0) is 26.2 Å². The Morgan fingerprint density at radius 3 is 2.38 bits per heavy atom. The van der Waals surface area contributed by atoms with E-state index in [9.17, 15) is 22.4 Å². The van der Waals surface area contributed by atoms with E-state index >= 15 is 0 Å². The van der Waals surface area contributed by atoms with E-state index in [1.807, 2.05) is 0 Å². The van der Waals surface area contributed by atoms with Crippen LogP contribution in [0.1, 0.15) is 37.8 Å². The first-order chi connectivity index (χ1) is 15.9. The number of halogens is 2. The second-order valence-electron chi connectivity index (χ2n) is 8.09. The van der Waals surface area contributed by atoms with Gasteiger partial charge >= 0.3 is 0 Å². The molecule has 0 bridgehead atoms. The number of carbonyl (C=O) groups excluding carboxylic acids is 2. The minimum absolute atomic E-state index is 0.0244. The summed E-state index contributed by atoms with van der Waals surface area (Å²) in [6.45, 7) is 5.82. The van der Waals surface area contributed by atoms with Gasteiger partial charge in [0.15, 0.2) is 0 Å². The van der Waals surface area contributed by atoms with Gasteiger partial charge in [-0.15, -0.1) is 0 Å². The Labute approximate surface area is 205 Å². The third-order valence-electron chi connectivity index (χ3n) is 5.38. The number of benzene rings is 2. The number of rotatable bonds is 11. The summed E-state index contributed by atoms with van der Waals surface area (Å²) in [5.74, 6) is -1.000. The summed E-state index contributed by atoms with van der Waals surface area (Å²) in [7, 11) is -3.61. The molecule has 1 atom stereocenters. The van der Waals surface area contributed by atoms with E-state index in [1.165, 1.54) is 21.3 Å². The number of anilines is 1. The molecule has 0 aromatic heterocycles. The lowest BCUT2D eigenvalue weighted by atomic mass is 10.1. The van der Waals surface area contributed by atoms with E-state index in [1.54, 1.807) is 51.1 Å². The predicted octanol–water partition coefficient (Wildman–Crippen LogP) is 3.89. The Bertz CT molecular complexity index is 1110. The number of hydrogen-bond donors (Lipinski definition) is 1. The first-order valence-corrected chi connectivity index (χ1v) is 13.2. The summed E-state index contributed by atoms with van der Waals surface area (Å²) >= 11 is 6.07. The van der Waals surface area contributed by atoms with Gasteiger partial charge in [-0.05, 0) is 62.6 Å². The molecule has 2 aromatic carbocycles. The summed E-state index contributed by atoms with van der Waals surface area (Å²) in [6.07, 6.45) is 1.36. The molecular weight excluding hydrogens is 481 g/mol. The second-order valence-corrected chi connectivity index (χ2v) is 10.4. The maximum Gasteiger partial charge on any atom is 0.242 e. The fraction of sp³-hybridized carbons (Fsp3) is 0.417. The number of nitrogens with one attached hydrogen (secondary N) is 1. The highest BCUT2D eigenvalue weighted by atomic mass is 35.5. The van der Waals surface area contributed by atoms with Crippen molar-refractivity contribution in [1.29, 1.82) is 0 Å². The molecule has 34 heavy (non-hydrogen) atoms. The number of aryl methyl sites for hydroxylation is 1. The maximum atomic E-state index is 13.3. The molecule has 0 fully saturated rings. The quantitative estimate of drug-likeness (QED) is 0.496. The molecule has 0 spiro atoms. The lowest BCUT2D eigenvalue weighted by molar-refractivity contribution is -0.140. The minimum atomic E-state index is -3.61. The van der Waals surface area contributed by atoms with Crippen LogP contribution < -0.4 is 9.62 Å². The fourth-order valence-electron chi connectivity index (χ4n) is 3.52. The smallest absolute Gasteiger partial charge is 0.242 e. The highest BCUT2D eigenvalue weighted by Gasteiger charge is 2.26. The van der Waals surface area contributed by atoms with Crippen LogP contribution in [0.15, 0.2) is 42.5 Å². The molecule has 1 N–H and O–H groups in total. The van der Waals surface area contributed by atoms with Gasteiger partial charge in [0.2, 0.25) is 21.8 Å². The van der Waals surface area contributed by atoms with E-state index in [0.717, 1.165) is 11.8 Å². The van der Waals surface area contributed by atoms with Crippen LogP contribution in [0.25, 0.3) is 0 Å². The van der Waals surface area contributed by atoms with Crippen molar-refractivity contribution in [3.63, 3.8) is 0 Å². The van der Waals surface area contributed by atoms with Gasteiger partial charge in [-0.2, -0.15) is 0 Å². The van der Waals surface area contributed by atoms with Gasteiger partial charge in [0.25, 0.3) is 0 Å². The van der Waals surface area contributed by atoms with Crippen LogP contribution in [0.2, 0.25) is 5.02 Å². The molecule has 2 rings (SSSR count). The molecular formula is C24H31ClFN3O4S. The standard InChI is InChI=1S/C24H31ClFN3O4S/c1-5-27-24(31)18(3)28(16-19-9-12-21(26)13-10-19)23(30)7-6-14-29(34(4,32)33)22-15-20(25)11-8-17(22)2/h8-13,15,18H,5-7,14,16H2,1-4H3,(H,27,31). The Morgan fingerprint density at radius 1 is 1.15 bits per heavy atom. The number of carbonyl (C=O) groups is 2. The summed E-state index contributed by atoms with van der Waals surface area (Å²) in [6, 6.07) is 9.97. The third kappa shape index (κ3) is 7.70. The van der Waals surface area contributed by atoms with E-state index in [-0.39, 0.29) is 37.7 Å². The molecule has 0 aliphatic carbocycles. The molecule has 0 aliphatic heterocycles. The highest BCUT2D eigenvalue weighted by Crippen LogP contribution is 2.27. The first kappa shape index (κ1) is 27.6. The normalized spacial score (nSPS) is 12.2. The van der Waals surface area contributed by atoms with Gasteiger partial charge in [-0.1, -0.05) is 29.8 Å². The summed E-state index contributed by atoms with van der Waals surface area (Å²) in [5, 5.41) is 3.12. The topological polar surface area (TPSA) is 86.8 Å².